The lowest BCUT2D eigenvalue weighted by Crippen LogP contribution is -2.12. The number of nitrogens with two attached hydrogens (primary N) is 1. The Hall–Kier alpha value is -2.08. The summed E-state index contributed by atoms with van der Waals surface area (Å²) >= 11 is 1.54. The van der Waals surface area contributed by atoms with Gasteiger partial charge in [-0.2, -0.15) is 0 Å². The van der Waals surface area contributed by atoms with E-state index in [-0.39, 0.29) is 11.6 Å². The van der Waals surface area contributed by atoms with Crippen molar-refractivity contribution in [1.82, 2.24) is 4.98 Å². The molecule has 1 atom stereocenters. The highest BCUT2D eigenvalue weighted by Crippen LogP contribution is 2.29. The molecule has 0 saturated heterocycles. The maximum atomic E-state index is 11.2. The molecular weight excluding hydrogens is 262 g/mol. The number of carboxylic acids is 1. The van der Waals surface area contributed by atoms with E-state index in [1.807, 2.05) is 19.2 Å². The number of hydrogen-bond donors (Lipinski definition) is 3. The summed E-state index contributed by atoms with van der Waals surface area (Å²) in [6.07, 6.45) is 0. The quantitative estimate of drug-likeness (QED) is 0.748. The minimum atomic E-state index is -1.00. The number of hydrogen-bond acceptors (Lipinski definition) is 5. The first-order valence-electron chi connectivity index (χ1n) is 5.79. The molecule has 1 heterocycles. The van der Waals surface area contributed by atoms with Gasteiger partial charge in [0.05, 0.1) is 23.0 Å². The van der Waals surface area contributed by atoms with Crippen molar-refractivity contribution in [2.24, 2.45) is 0 Å². The van der Waals surface area contributed by atoms with Gasteiger partial charge in [-0.3, -0.25) is 0 Å². The average Bonchev–Trinajstić information content (AvgIpc) is 2.78. The maximum absolute atomic E-state index is 11.2. The second-order valence-electron chi connectivity index (χ2n) is 4.27. The standard InChI is InChI=1S/C13H15N3O2S/c1-7-6-19-12(15-7)8(2)16-11-9(13(17)18)4-3-5-10(11)14/h3-6,8,16H,14H2,1-2H3,(H,17,18). The normalized spacial score (nSPS) is 12.1. The lowest BCUT2D eigenvalue weighted by atomic mass is 10.1. The molecule has 0 radical (unpaired) electrons. The zero-order chi connectivity index (χ0) is 14.0. The van der Waals surface area contributed by atoms with E-state index in [0.717, 1.165) is 10.7 Å². The van der Waals surface area contributed by atoms with Gasteiger partial charge >= 0.3 is 5.97 Å². The summed E-state index contributed by atoms with van der Waals surface area (Å²) in [5.41, 5.74) is 7.82. The van der Waals surface area contributed by atoms with Crippen molar-refractivity contribution in [3.63, 3.8) is 0 Å². The van der Waals surface area contributed by atoms with Crippen LogP contribution in [0.15, 0.2) is 23.6 Å². The zero-order valence-electron chi connectivity index (χ0n) is 10.7. The topological polar surface area (TPSA) is 88.2 Å². The van der Waals surface area contributed by atoms with E-state index in [9.17, 15) is 4.79 Å². The first-order valence-corrected chi connectivity index (χ1v) is 6.67. The molecular formula is C13H15N3O2S. The third kappa shape index (κ3) is 2.85. The highest BCUT2D eigenvalue weighted by atomic mass is 32.1. The van der Waals surface area contributed by atoms with Gasteiger partial charge in [0.2, 0.25) is 0 Å². The number of aromatic carboxylic acids is 1. The van der Waals surface area contributed by atoms with Crippen LogP contribution in [0, 0.1) is 6.92 Å². The number of aromatic nitrogens is 1. The van der Waals surface area contributed by atoms with Crippen LogP contribution in [0.3, 0.4) is 0 Å². The molecule has 19 heavy (non-hydrogen) atoms. The van der Waals surface area contributed by atoms with Crippen molar-refractivity contribution in [1.29, 1.82) is 0 Å². The highest BCUT2D eigenvalue weighted by Gasteiger charge is 2.16. The largest absolute Gasteiger partial charge is 0.478 e. The van der Waals surface area contributed by atoms with Crippen LogP contribution in [0.2, 0.25) is 0 Å². The molecule has 0 aliphatic carbocycles. The number of nitrogen functional groups attached to an aromatic ring is 1. The van der Waals surface area contributed by atoms with Gasteiger partial charge < -0.3 is 16.2 Å². The van der Waals surface area contributed by atoms with Crippen molar-refractivity contribution in [2.45, 2.75) is 19.9 Å². The number of para-hydroxylation sites is 1. The van der Waals surface area contributed by atoms with E-state index < -0.39 is 5.97 Å². The second-order valence-corrected chi connectivity index (χ2v) is 5.16. The fourth-order valence-electron chi connectivity index (χ4n) is 1.76. The van der Waals surface area contributed by atoms with Crippen LogP contribution in [-0.4, -0.2) is 16.1 Å². The van der Waals surface area contributed by atoms with Gasteiger partial charge in [-0.1, -0.05) is 6.07 Å². The minimum absolute atomic E-state index is 0.0958. The molecule has 100 valence electrons. The van der Waals surface area contributed by atoms with Crippen molar-refractivity contribution in [3.05, 3.63) is 39.8 Å². The summed E-state index contributed by atoms with van der Waals surface area (Å²) in [6.45, 7) is 3.85. The summed E-state index contributed by atoms with van der Waals surface area (Å²) in [7, 11) is 0. The van der Waals surface area contributed by atoms with Crippen LogP contribution in [0.25, 0.3) is 0 Å². The van der Waals surface area contributed by atoms with Gasteiger partial charge in [0.15, 0.2) is 0 Å². The van der Waals surface area contributed by atoms with Crippen molar-refractivity contribution in [3.8, 4) is 0 Å². The van der Waals surface area contributed by atoms with Gasteiger partial charge in [-0.15, -0.1) is 11.3 Å². The Morgan fingerprint density at radius 3 is 2.84 bits per heavy atom. The van der Waals surface area contributed by atoms with Crippen LogP contribution >= 0.6 is 11.3 Å². The van der Waals surface area contributed by atoms with E-state index in [0.29, 0.717) is 11.4 Å². The van der Waals surface area contributed by atoms with Gasteiger partial charge in [0.25, 0.3) is 0 Å². The number of anilines is 2. The fourth-order valence-corrected chi connectivity index (χ4v) is 2.56. The molecule has 4 N–H and O–H groups in total. The Morgan fingerprint density at radius 2 is 2.26 bits per heavy atom. The number of rotatable bonds is 4. The molecule has 5 nitrogen and oxygen atoms in total. The maximum Gasteiger partial charge on any atom is 0.337 e. The summed E-state index contributed by atoms with van der Waals surface area (Å²) in [5.74, 6) is -1.00. The predicted molar refractivity (Wildman–Crippen MR) is 76.7 cm³/mol. The van der Waals surface area contributed by atoms with E-state index in [2.05, 4.69) is 10.3 Å². The molecule has 1 aromatic heterocycles. The SMILES string of the molecule is Cc1csc(C(C)Nc2c(N)cccc2C(=O)O)n1. The monoisotopic (exact) mass is 277 g/mol. The van der Waals surface area contributed by atoms with Gasteiger partial charge in [-0.25, -0.2) is 9.78 Å². The molecule has 0 fully saturated rings. The number of nitrogens with zero attached hydrogens (tertiary/aromatic N) is 1. The van der Waals surface area contributed by atoms with Crippen molar-refractivity contribution >= 4 is 28.7 Å². The molecule has 0 amide bonds. The molecule has 0 bridgehead atoms. The summed E-state index contributed by atoms with van der Waals surface area (Å²) in [5, 5.41) is 15.2. The van der Waals surface area contributed by atoms with E-state index in [1.54, 1.807) is 12.1 Å². The molecule has 0 spiro atoms. The molecule has 1 aromatic carbocycles. The van der Waals surface area contributed by atoms with Crippen molar-refractivity contribution < 1.29 is 9.90 Å². The van der Waals surface area contributed by atoms with Crippen molar-refractivity contribution in [2.75, 3.05) is 11.1 Å². The molecule has 1 unspecified atom stereocenters. The number of nitrogens with one attached hydrogen (secondary N) is 1. The molecule has 2 rings (SSSR count). The lowest BCUT2D eigenvalue weighted by molar-refractivity contribution is 0.0698. The Bertz CT molecular complexity index is 610. The molecule has 6 heteroatoms. The molecule has 0 aliphatic rings. The Morgan fingerprint density at radius 1 is 1.53 bits per heavy atom. The Balaban J connectivity index is 2.30. The van der Waals surface area contributed by atoms with E-state index in [1.165, 1.54) is 17.4 Å². The number of carboxylic acid groups (broad SMARTS) is 1. The molecule has 2 aromatic rings. The van der Waals surface area contributed by atoms with Crippen LogP contribution < -0.4 is 11.1 Å². The number of carbonyl (C=O) groups is 1. The van der Waals surface area contributed by atoms with Crippen LogP contribution in [0.1, 0.15) is 34.0 Å². The number of aryl methyl sites for hydroxylation is 1. The first-order chi connectivity index (χ1) is 8.99. The second kappa shape index (κ2) is 5.27. The summed E-state index contributed by atoms with van der Waals surface area (Å²) < 4.78 is 0. The Labute approximate surface area is 115 Å². The molecule has 0 saturated carbocycles. The predicted octanol–water partition coefficient (Wildman–Crippen LogP) is 2.91. The van der Waals surface area contributed by atoms with Crippen LogP contribution in [0.5, 0.6) is 0 Å². The third-order valence-electron chi connectivity index (χ3n) is 2.70. The summed E-state index contributed by atoms with van der Waals surface area (Å²) in [6, 6.07) is 4.74. The number of thiazole rings is 1. The fraction of sp³-hybridized carbons (Fsp3) is 0.231. The van der Waals surface area contributed by atoms with Gasteiger partial charge in [-0.05, 0) is 26.0 Å². The average molecular weight is 277 g/mol. The van der Waals surface area contributed by atoms with Crippen LogP contribution in [-0.2, 0) is 0 Å². The van der Waals surface area contributed by atoms with Gasteiger partial charge in [0.1, 0.15) is 5.01 Å². The summed E-state index contributed by atoms with van der Waals surface area (Å²) in [4.78, 5) is 15.6. The smallest absolute Gasteiger partial charge is 0.337 e. The highest BCUT2D eigenvalue weighted by molar-refractivity contribution is 7.09. The van der Waals surface area contributed by atoms with Gasteiger partial charge in [0, 0.05) is 11.1 Å². The zero-order valence-corrected chi connectivity index (χ0v) is 11.5. The minimum Gasteiger partial charge on any atom is -0.478 e. The van der Waals surface area contributed by atoms with E-state index >= 15 is 0 Å². The lowest BCUT2D eigenvalue weighted by Gasteiger charge is -2.16. The van der Waals surface area contributed by atoms with Crippen LogP contribution in [0.4, 0.5) is 11.4 Å². The number of benzene rings is 1. The van der Waals surface area contributed by atoms with E-state index in [4.69, 9.17) is 10.8 Å². The third-order valence-corrected chi connectivity index (χ3v) is 3.84. The molecule has 0 aliphatic heterocycles. The Kier molecular flexibility index (Phi) is 3.71. The first kappa shape index (κ1) is 13.4.